The van der Waals surface area contributed by atoms with Gasteiger partial charge in [-0.1, -0.05) is 60.9 Å². The first kappa shape index (κ1) is 15.7. The van der Waals surface area contributed by atoms with Crippen LogP contribution in [0.15, 0.2) is 47.0 Å². The van der Waals surface area contributed by atoms with E-state index in [1.807, 2.05) is 18.2 Å². The van der Waals surface area contributed by atoms with Gasteiger partial charge < -0.3 is 14.6 Å². The van der Waals surface area contributed by atoms with E-state index in [9.17, 15) is 0 Å². The van der Waals surface area contributed by atoms with E-state index in [-0.39, 0.29) is 5.41 Å². The van der Waals surface area contributed by atoms with Crippen LogP contribution in [0, 0.1) is 0 Å². The van der Waals surface area contributed by atoms with Crippen LogP contribution >= 0.6 is 11.6 Å². The van der Waals surface area contributed by atoms with Crippen molar-refractivity contribution in [3.63, 3.8) is 0 Å². The van der Waals surface area contributed by atoms with Crippen molar-refractivity contribution in [3.05, 3.63) is 53.1 Å². The van der Waals surface area contributed by atoms with Crippen LogP contribution in [0.3, 0.4) is 0 Å². The van der Waals surface area contributed by atoms with Gasteiger partial charge in [-0.2, -0.15) is 0 Å². The maximum atomic E-state index is 6.33. The minimum atomic E-state index is -0.0501. The predicted octanol–water partition coefficient (Wildman–Crippen LogP) is 4.88. The molecular formula is C18H19ClN2O2. The first-order valence-electron chi connectivity index (χ1n) is 7.43. The van der Waals surface area contributed by atoms with Crippen LogP contribution in [-0.2, 0) is 5.41 Å². The quantitative estimate of drug-likeness (QED) is 0.724. The summed E-state index contributed by atoms with van der Waals surface area (Å²) in [5.74, 6) is 1.30. The van der Waals surface area contributed by atoms with Crippen LogP contribution in [0.5, 0.6) is 5.75 Å². The monoisotopic (exact) mass is 330 g/mol. The molecule has 3 aromatic rings. The third kappa shape index (κ3) is 3.13. The molecule has 23 heavy (non-hydrogen) atoms. The number of halogens is 1. The summed E-state index contributed by atoms with van der Waals surface area (Å²) in [6, 6.07) is 13.9. The van der Waals surface area contributed by atoms with Crippen molar-refractivity contribution in [1.82, 2.24) is 5.16 Å². The lowest BCUT2D eigenvalue weighted by atomic mass is 9.84. The van der Waals surface area contributed by atoms with E-state index in [4.69, 9.17) is 20.9 Å². The number of hydrogen-bond donors (Lipinski definition) is 1. The number of anilines is 1. The number of benzene rings is 2. The molecule has 0 amide bonds. The molecule has 0 aliphatic carbocycles. The van der Waals surface area contributed by atoms with E-state index in [1.165, 1.54) is 5.56 Å². The Balaban J connectivity index is 1.85. The maximum Gasteiger partial charge on any atom is 0.178 e. The van der Waals surface area contributed by atoms with Gasteiger partial charge in [-0.3, -0.25) is 0 Å². The van der Waals surface area contributed by atoms with Gasteiger partial charge in [-0.25, -0.2) is 0 Å². The average Bonchev–Trinajstić information content (AvgIpc) is 2.97. The Bertz CT molecular complexity index is 813. The van der Waals surface area contributed by atoms with Gasteiger partial charge in [-0.05, 0) is 11.6 Å². The highest BCUT2D eigenvalue weighted by Gasteiger charge is 2.22. The van der Waals surface area contributed by atoms with Crippen LogP contribution in [0.4, 0.5) is 5.82 Å². The van der Waals surface area contributed by atoms with E-state index in [2.05, 4.69) is 36.5 Å². The molecule has 120 valence electrons. The number of aromatic nitrogens is 1. The van der Waals surface area contributed by atoms with Gasteiger partial charge in [0.05, 0.1) is 17.5 Å². The topological polar surface area (TPSA) is 47.3 Å². The van der Waals surface area contributed by atoms with Crippen LogP contribution < -0.4 is 10.1 Å². The zero-order valence-corrected chi connectivity index (χ0v) is 14.1. The molecule has 0 aliphatic rings. The second kappa shape index (κ2) is 6.13. The Hall–Kier alpha value is -2.20. The highest BCUT2D eigenvalue weighted by molar-refractivity contribution is 6.36. The lowest BCUT2D eigenvalue weighted by molar-refractivity contribution is 0.412. The summed E-state index contributed by atoms with van der Waals surface area (Å²) in [5.41, 5.74) is 1.81. The summed E-state index contributed by atoms with van der Waals surface area (Å²) in [5, 5.41) is 8.79. The van der Waals surface area contributed by atoms with Crippen molar-refractivity contribution < 1.29 is 9.26 Å². The highest BCUT2D eigenvalue weighted by Crippen LogP contribution is 2.34. The number of rotatable bonds is 5. The van der Waals surface area contributed by atoms with Crippen LogP contribution in [-0.4, -0.2) is 18.8 Å². The number of nitrogens with one attached hydrogen (secondary N) is 1. The van der Waals surface area contributed by atoms with Crippen molar-refractivity contribution in [1.29, 1.82) is 0 Å². The minimum absolute atomic E-state index is 0.0501. The van der Waals surface area contributed by atoms with Crippen molar-refractivity contribution in [3.8, 4) is 5.75 Å². The van der Waals surface area contributed by atoms with Crippen molar-refractivity contribution in [2.45, 2.75) is 19.3 Å². The molecule has 1 N–H and O–H groups in total. The predicted molar refractivity (Wildman–Crippen MR) is 93.5 cm³/mol. The van der Waals surface area contributed by atoms with Gasteiger partial charge in [0.2, 0.25) is 0 Å². The molecule has 2 aromatic carbocycles. The largest absolute Gasteiger partial charge is 0.497 e. The van der Waals surface area contributed by atoms with Crippen LogP contribution in [0.25, 0.3) is 11.0 Å². The smallest absolute Gasteiger partial charge is 0.178 e. The summed E-state index contributed by atoms with van der Waals surface area (Å²) >= 11 is 6.33. The maximum absolute atomic E-state index is 6.33. The summed E-state index contributed by atoms with van der Waals surface area (Å²) in [6.45, 7) is 5.07. The molecule has 1 heterocycles. The second-order valence-electron chi connectivity index (χ2n) is 6.12. The van der Waals surface area contributed by atoms with E-state index < -0.39 is 0 Å². The molecule has 0 atom stereocenters. The Labute approximate surface area is 140 Å². The van der Waals surface area contributed by atoms with Gasteiger partial charge in [0.1, 0.15) is 5.75 Å². The average molecular weight is 331 g/mol. The number of nitrogens with zero attached hydrogens (tertiary/aromatic N) is 1. The van der Waals surface area contributed by atoms with Gasteiger partial charge in [0.25, 0.3) is 0 Å². The zero-order chi connectivity index (χ0) is 16.4. The second-order valence-corrected chi connectivity index (χ2v) is 6.52. The molecule has 0 radical (unpaired) electrons. The lowest BCUT2D eigenvalue weighted by Crippen LogP contribution is -2.27. The van der Waals surface area contributed by atoms with E-state index in [0.29, 0.717) is 28.7 Å². The third-order valence-electron chi connectivity index (χ3n) is 3.99. The molecule has 0 unspecified atom stereocenters. The van der Waals surface area contributed by atoms with E-state index in [0.717, 1.165) is 5.39 Å². The SMILES string of the molecule is COc1cc(Cl)c2c(NCC(C)(C)c3ccccc3)noc2c1. The third-order valence-corrected chi connectivity index (χ3v) is 4.29. The Morgan fingerprint density at radius 2 is 1.96 bits per heavy atom. The molecular weight excluding hydrogens is 312 g/mol. The van der Waals surface area contributed by atoms with E-state index in [1.54, 1.807) is 19.2 Å². The van der Waals surface area contributed by atoms with Gasteiger partial charge in [-0.15, -0.1) is 0 Å². The fourth-order valence-corrected chi connectivity index (χ4v) is 2.82. The van der Waals surface area contributed by atoms with Gasteiger partial charge >= 0.3 is 0 Å². The summed E-state index contributed by atoms with van der Waals surface area (Å²) in [4.78, 5) is 0. The molecule has 0 saturated carbocycles. The standard InChI is InChI=1S/C18H19ClN2O2/c1-18(2,12-7-5-4-6-8-12)11-20-17-16-14(19)9-13(22-3)10-15(16)23-21-17/h4-10H,11H2,1-3H3,(H,20,21). The number of methoxy groups -OCH3 is 1. The first-order valence-corrected chi connectivity index (χ1v) is 7.81. The number of hydrogen-bond acceptors (Lipinski definition) is 4. The minimum Gasteiger partial charge on any atom is -0.497 e. The molecule has 0 saturated heterocycles. The molecule has 5 heteroatoms. The Kier molecular flexibility index (Phi) is 4.18. The van der Waals surface area contributed by atoms with E-state index >= 15 is 0 Å². The fourth-order valence-electron chi connectivity index (χ4n) is 2.53. The molecule has 1 aromatic heterocycles. The summed E-state index contributed by atoms with van der Waals surface area (Å²) < 4.78 is 10.6. The molecule has 3 rings (SSSR count). The number of ether oxygens (including phenoxy) is 1. The normalized spacial score (nSPS) is 11.7. The molecule has 0 aliphatic heterocycles. The zero-order valence-electron chi connectivity index (χ0n) is 13.4. The number of fused-ring (bicyclic) bond motifs is 1. The van der Waals surface area contributed by atoms with Gasteiger partial charge in [0, 0.05) is 18.0 Å². The van der Waals surface area contributed by atoms with Crippen LogP contribution in [0.1, 0.15) is 19.4 Å². The molecule has 4 nitrogen and oxygen atoms in total. The molecule has 0 bridgehead atoms. The summed E-state index contributed by atoms with van der Waals surface area (Å²) in [7, 11) is 1.59. The lowest BCUT2D eigenvalue weighted by Gasteiger charge is -2.25. The summed E-state index contributed by atoms with van der Waals surface area (Å²) in [6.07, 6.45) is 0. The Morgan fingerprint density at radius 3 is 2.65 bits per heavy atom. The fraction of sp³-hybridized carbons (Fsp3) is 0.278. The van der Waals surface area contributed by atoms with Gasteiger partial charge in [0.15, 0.2) is 11.4 Å². The molecule has 0 spiro atoms. The first-order chi connectivity index (χ1) is 11.0. The van der Waals surface area contributed by atoms with Crippen molar-refractivity contribution in [2.24, 2.45) is 0 Å². The van der Waals surface area contributed by atoms with Crippen LogP contribution in [0.2, 0.25) is 5.02 Å². The molecule has 0 fully saturated rings. The van der Waals surface area contributed by atoms with Crippen molar-refractivity contribution in [2.75, 3.05) is 19.0 Å². The van der Waals surface area contributed by atoms with Crippen molar-refractivity contribution >= 4 is 28.4 Å². The Morgan fingerprint density at radius 1 is 1.22 bits per heavy atom. The highest BCUT2D eigenvalue weighted by atomic mass is 35.5.